The minimum atomic E-state index is -0.623. The minimum Gasteiger partial charge on any atom is -0.389 e. The van der Waals surface area contributed by atoms with E-state index in [-0.39, 0.29) is 10.6 Å². The van der Waals surface area contributed by atoms with Crippen LogP contribution in [0.25, 0.3) is 0 Å². The Bertz CT molecular complexity index is 434. The molecule has 1 heterocycles. The quantitative estimate of drug-likeness (QED) is 0.892. The molecular weight excluding hydrogens is 249 g/mol. The summed E-state index contributed by atoms with van der Waals surface area (Å²) >= 11 is 1.93. The molecule has 100 valence electrons. The highest BCUT2D eigenvalue weighted by atomic mass is 32.2. The van der Waals surface area contributed by atoms with Crippen LogP contribution in [0, 0.1) is 5.82 Å². The molecule has 1 aliphatic rings. The molecule has 1 saturated heterocycles. The predicted octanol–water partition coefficient (Wildman–Crippen LogP) is 3.21. The number of thioether (sulfide) groups is 1. The lowest BCUT2D eigenvalue weighted by molar-refractivity contribution is 0.199. The molecule has 0 aliphatic carbocycles. The number of aliphatic hydroxyl groups is 1. The van der Waals surface area contributed by atoms with Crippen LogP contribution in [-0.2, 0) is 0 Å². The van der Waals surface area contributed by atoms with Crippen molar-refractivity contribution < 1.29 is 9.50 Å². The molecule has 4 heteroatoms. The fraction of sp³-hybridized carbons (Fsp3) is 0.571. The van der Waals surface area contributed by atoms with Gasteiger partial charge in [-0.25, -0.2) is 4.39 Å². The molecule has 1 fully saturated rings. The van der Waals surface area contributed by atoms with Crippen molar-refractivity contribution in [3.8, 4) is 0 Å². The Morgan fingerprint density at radius 1 is 1.44 bits per heavy atom. The molecule has 0 unspecified atom stereocenters. The summed E-state index contributed by atoms with van der Waals surface area (Å²) in [6.45, 7) is 7.74. The summed E-state index contributed by atoms with van der Waals surface area (Å²) in [6.07, 6.45) is -0.623. The highest BCUT2D eigenvalue weighted by Gasteiger charge is 2.28. The first-order valence-electron chi connectivity index (χ1n) is 6.25. The third-order valence-corrected chi connectivity index (χ3v) is 4.52. The fourth-order valence-corrected chi connectivity index (χ4v) is 3.37. The van der Waals surface area contributed by atoms with Gasteiger partial charge >= 0.3 is 0 Å². The molecule has 0 saturated carbocycles. The third kappa shape index (κ3) is 2.98. The maximum Gasteiger partial charge on any atom is 0.146 e. The highest BCUT2D eigenvalue weighted by molar-refractivity contribution is 8.00. The van der Waals surface area contributed by atoms with Crippen LogP contribution in [0.15, 0.2) is 18.2 Å². The van der Waals surface area contributed by atoms with Crippen LogP contribution < -0.4 is 4.90 Å². The normalized spacial score (nSPS) is 20.8. The number of benzene rings is 1. The number of halogens is 1. The number of hydrogen-bond donors (Lipinski definition) is 1. The molecule has 1 aliphatic heterocycles. The van der Waals surface area contributed by atoms with Crippen LogP contribution in [0.1, 0.15) is 32.4 Å². The van der Waals surface area contributed by atoms with E-state index < -0.39 is 6.10 Å². The molecule has 0 bridgehead atoms. The molecule has 2 nitrogen and oxygen atoms in total. The van der Waals surface area contributed by atoms with Crippen LogP contribution in [-0.4, -0.2) is 28.7 Å². The van der Waals surface area contributed by atoms with Gasteiger partial charge < -0.3 is 10.0 Å². The van der Waals surface area contributed by atoms with Gasteiger partial charge in [0, 0.05) is 23.6 Å². The van der Waals surface area contributed by atoms with Crippen LogP contribution >= 0.6 is 11.8 Å². The van der Waals surface area contributed by atoms with Gasteiger partial charge in [0.05, 0.1) is 11.8 Å². The first-order chi connectivity index (χ1) is 8.39. The summed E-state index contributed by atoms with van der Waals surface area (Å²) < 4.78 is 14.2. The molecule has 1 aromatic rings. The Labute approximate surface area is 112 Å². The SMILES string of the molecule is C[C@H](O)c1ccc(N2CCSC(C)(C)C2)c(F)c1. The van der Waals surface area contributed by atoms with E-state index in [0.29, 0.717) is 11.3 Å². The van der Waals surface area contributed by atoms with E-state index in [1.165, 1.54) is 6.07 Å². The van der Waals surface area contributed by atoms with E-state index in [1.54, 1.807) is 19.1 Å². The average Bonchev–Trinajstić information content (AvgIpc) is 2.27. The first kappa shape index (κ1) is 13.7. The second-order valence-corrected chi connectivity index (χ2v) is 7.22. The second-order valence-electron chi connectivity index (χ2n) is 5.42. The Morgan fingerprint density at radius 3 is 2.72 bits per heavy atom. The zero-order chi connectivity index (χ0) is 13.3. The van der Waals surface area contributed by atoms with Crippen molar-refractivity contribution in [1.29, 1.82) is 0 Å². The molecular formula is C14H20FNOS. The number of rotatable bonds is 2. The third-order valence-electron chi connectivity index (χ3n) is 3.22. The van der Waals surface area contributed by atoms with Gasteiger partial charge in [0.1, 0.15) is 5.82 Å². The van der Waals surface area contributed by atoms with E-state index in [1.807, 2.05) is 11.8 Å². The van der Waals surface area contributed by atoms with Crippen molar-refractivity contribution in [1.82, 2.24) is 0 Å². The van der Waals surface area contributed by atoms with Crippen LogP contribution in [0.2, 0.25) is 0 Å². The van der Waals surface area contributed by atoms with Gasteiger partial charge in [-0.15, -0.1) is 0 Å². The number of nitrogens with zero attached hydrogens (tertiary/aromatic N) is 1. The van der Waals surface area contributed by atoms with Crippen LogP contribution in [0.5, 0.6) is 0 Å². The molecule has 0 aromatic heterocycles. The van der Waals surface area contributed by atoms with Crippen molar-refractivity contribution in [2.45, 2.75) is 31.6 Å². The summed E-state index contributed by atoms with van der Waals surface area (Å²) in [4.78, 5) is 2.09. The highest BCUT2D eigenvalue weighted by Crippen LogP contribution is 2.33. The lowest BCUT2D eigenvalue weighted by atomic mass is 10.1. The maximum absolute atomic E-state index is 14.1. The van der Waals surface area contributed by atoms with Gasteiger partial charge in [-0.05, 0) is 38.5 Å². The molecule has 18 heavy (non-hydrogen) atoms. The van der Waals surface area contributed by atoms with E-state index in [2.05, 4.69) is 18.7 Å². The molecule has 1 N–H and O–H groups in total. The molecule has 1 aromatic carbocycles. The van der Waals surface area contributed by atoms with E-state index >= 15 is 0 Å². The van der Waals surface area contributed by atoms with Gasteiger partial charge in [0.25, 0.3) is 0 Å². The predicted molar refractivity (Wildman–Crippen MR) is 75.8 cm³/mol. The molecule has 1 atom stereocenters. The minimum absolute atomic E-state index is 0.160. The van der Waals surface area contributed by atoms with Gasteiger partial charge in [-0.3, -0.25) is 0 Å². The van der Waals surface area contributed by atoms with Crippen molar-refractivity contribution in [3.05, 3.63) is 29.6 Å². The fourth-order valence-electron chi connectivity index (χ4n) is 2.26. The van der Waals surface area contributed by atoms with Gasteiger partial charge in [-0.2, -0.15) is 11.8 Å². The summed E-state index contributed by atoms with van der Waals surface area (Å²) in [7, 11) is 0. The Morgan fingerprint density at radius 2 is 2.17 bits per heavy atom. The van der Waals surface area contributed by atoms with Crippen molar-refractivity contribution in [3.63, 3.8) is 0 Å². The van der Waals surface area contributed by atoms with Crippen LogP contribution in [0.3, 0.4) is 0 Å². The van der Waals surface area contributed by atoms with Crippen LogP contribution in [0.4, 0.5) is 10.1 Å². The maximum atomic E-state index is 14.1. The van der Waals surface area contributed by atoms with E-state index in [0.717, 1.165) is 18.8 Å². The van der Waals surface area contributed by atoms with Gasteiger partial charge in [0.2, 0.25) is 0 Å². The monoisotopic (exact) mass is 269 g/mol. The van der Waals surface area contributed by atoms with E-state index in [4.69, 9.17) is 0 Å². The Balaban J connectivity index is 2.23. The Kier molecular flexibility index (Phi) is 3.87. The average molecular weight is 269 g/mol. The number of aliphatic hydroxyl groups excluding tert-OH is 1. The number of hydrogen-bond acceptors (Lipinski definition) is 3. The molecule has 2 rings (SSSR count). The van der Waals surface area contributed by atoms with Gasteiger partial charge in [-0.1, -0.05) is 6.07 Å². The summed E-state index contributed by atoms with van der Waals surface area (Å²) in [5.41, 5.74) is 1.27. The van der Waals surface area contributed by atoms with Crippen molar-refractivity contribution in [2.75, 3.05) is 23.7 Å². The topological polar surface area (TPSA) is 23.5 Å². The summed E-state index contributed by atoms with van der Waals surface area (Å²) in [5.74, 6) is 0.779. The first-order valence-corrected chi connectivity index (χ1v) is 7.24. The summed E-state index contributed by atoms with van der Waals surface area (Å²) in [5, 5.41) is 9.45. The largest absolute Gasteiger partial charge is 0.389 e. The molecule has 0 amide bonds. The van der Waals surface area contributed by atoms with E-state index in [9.17, 15) is 9.50 Å². The lowest BCUT2D eigenvalue weighted by Crippen LogP contribution is -2.43. The molecule has 0 spiro atoms. The number of anilines is 1. The lowest BCUT2D eigenvalue weighted by Gasteiger charge is -2.39. The summed E-state index contributed by atoms with van der Waals surface area (Å²) in [6, 6.07) is 5.02. The van der Waals surface area contributed by atoms with Crippen molar-refractivity contribution in [2.24, 2.45) is 0 Å². The van der Waals surface area contributed by atoms with Crippen molar-refractivity contribution >= 4 is 17.4 Å². The molecule has 0 radical (unpaired) electrons. The van der Waals surface area contributed by atoms with Gasteiger partial charge in [0.15, 0.2) is 0 Å². The second kappa shape index (κ2) is 5.10. The standard InChI is InChI=1S/C14H20FNOS/c1-10(17)11-4-5-13(12(15)8-11)16-6-7-18-14(2,3)9-16/h4-5,8,10,17H,6-7,9H2,1-3H3/t10-/m0/s1. The zero-order valence-corrected chi connectivity index (χ0v) is 11.9. The smallest absolute Gasteiger partial charge is 0.146 e. The Hall–Kier alpha value is -0.740. The zero-order valence-electron chi connectivity index (χ0n) is 11.1.